The van der Waals surface area contributed by atoms with Crippen LogP contribution in [-0.2, 0) is 6.54 Å². The highest BCUT2D eigenvalue weighted by Gasteiger charge is 2.15. The molecule has 1 aliphatic heterocycles. The minimum atomic E-state index is 0.822. The average molecular weight is 386 g/mol. The number of piperazine rings is 1. The summed E-state index contributed by atoms with van der Waals surface area (Å²) < 4.78 is 5.91. The zero-order valence-corrected chi connectivity index (χ0v) is 16.9. The molecular formula is C25H27N3O. The molecule has 3 aromatic carbocycles. The van der Waals surface area contributed by atoms with Crippen LogP contribution in [0.4, 0.5) is 0 Å². The minimum Gasteiger partial charge on any atom is -0.457 e. The van der Waals surface area contributed by atoms with Crippen molar-refractivity contribution >= 4 is 6.21 Å². The Hall–Kier alpha value is -3.11. The maximum atomic E-state index is 5.91. The zero-order valence-electron chi connectivity index (χ0n) is 16.9. The summed E-state index contributed by atoms with van der Waals surface area (Å²) in [6.45, 7) is 7.09. The molecule has 29 heavy (non-hydrogen) atoms. The van der Waals surface area contributed by atoms with Gasteiger partial charge in [0.25, 0.3) is 0 Å². The maximum Gasteiger partial charge on any atom is 0.128 e. The van der Waals surface area contributed by atoms with E-state index in [1.54, 1.807) is 0 Å². The van der Waals surface area contributed by atoms with E-state index < -0.39 is 0 Å². The van der Waals surface area contributed by atoms with Crippen molar-refractivity contribution in [3.63, 3.8) is 0 Å². The number of hydrogen-bond acceptors (Lipinski definition) is 4. The van der Waals surface area contributed by atoms with Gasteiger partial charge < -0.3 is 4.74 Å². The number of rotatable bonds is 6. The molecule has 1 aliphatic rings. The van der Waals surface area contributed by atoms with Gasteiger partial charge in [0.2, 0.25) is 0 Å². The van der Waals surface area contributed by atoms with E-state index in [1.807, 2.05) is 54.7 Å². The first-order chi connectivity index (χ1) is 14.2. The topological polar surface area (TPSA) is 28.1 Å². The van der Waals surface area contributed by atoms with Crippen LogP contribution in [0.25, 0.3) is 0 Å². The van der Waals surface area contributed by atoms with E-state index in [-0.39, 0.29) is 0 Å². The number of hydrogen-bond donors (Lipinski definition) is 0. The standard InChI is InChI=1S/C25H27N3O/c1-21-10-12-22(13-11-21)20-27-14-16-28(17-15-27)26-19-23-6-5-9-25(18-23)29-24-7-3-2-4-8-24/h2-13,18-19H,14-17,20H2,1H3. The summed E-state index contributed by atoms with van der Waals surface area (Å²) >= 11 is 0. The number of ether oxygens (including phenoxy) is 1. The summed E-state index contributed by atoms with van der Waals surface area (Å²) in [5.74, 6) is 1.66. The number of nitrogens with zero attached hydrogens (tertiary/aromatic N) is 3. The van der Waals surface area contributed by atoms with E-state index in [1.165, 1.54) is 11.1 Å². The van der Waals surface area contributed by atoms with E-state index in [9.17, 15) is 0 Å². The van der Waals surface area contributed by atoms with Gasteiger partial charge in [0, 0.05) is 32.7 Å². The van der Waals surface area contributed by atoms with Crippen LogP contribution in [0.2, 0.25) is 0 Å². The maximum absolute atomic E-state index is 5.91. The smallest absolute Gasteiger partial charge is 0.128 e. The van der Waals surface area contributed by atoms with Crippen molar-refractivity contribution in [2.75, 3.05) is 26.2 Å². The van der Waals surface area contributed by atoms with Crippen LogP contribution in [0.5, 0.6) is 11.5 Å². The van der Waals surface area contributed by atoms with Gasteiger partial charge in [0.15, 0.2) is 0 Å². The monoisotopic (exact) mass is 385 g/mol. The van der Waals surface area contributed by atoms with Crippen molar-refractivity contribution in [1.29, 1.82) is 0 Å². The third kappa shape index (κ3) is 5.69. The second kappa shape index (κ2) is 9.39. The fourth-order valence-corrected chi connectivity index (χ4v) is 3.39. The van der Waals surface area contributed by atoms with Gasteiger partial charge in [0.1, 0.15) is 11.5 Å². The first-order valence-electron chi connectivity index (χ1n) is 10.1. The molecule has 4 heteroatoms. The second-order valence-electron chi connectivity index (χ2n) is 7.45. The molecule has 0 radical (unpaired) electrons. The Balaban J connectivity index is 1.29. The largest absolute Gasteiger partial charge is 0.457 e. The Labute approximate surface area is 173 Å². The second-order valence-corrected chi connectivity index (χ2v) is 7.45. The third-order valence-corrected chi connectivity index (χ3v) is 5.08. The molecule has 148 valence electrons. The molecular weight excluding hydrogens is 358 g/mol. The van der Waals surface area contributed by atoms with Crippen LogP contribution in [0, 0.1) is 6.92 Å². The van der Waals surface area contributed by atoms with E-state index in [4.69, 9.17) is 4.74 Å². The summed E-state index contributed by atoms with van der Waals surface area (Å²) in [6, 6.07) is 26.7. The van der Waals surface area contributed by atoms with Crippen LogP contribution in [-0.4, -0.2) is 42.3 Å². The summed E-state index contributed by atoms with van der Waals surface area (Å²) in [6.07, 6.45) is 1.92. The molecule has 1 heterocycles. The Bertz CT molecular complexity index is 930. The van der Waals surface area contributed by atoms with E-state index in [0.29, 0.717) is 0 Å². The molecule has 0 N–H and O–H groups in total. The Morgan fingerprint density at radius 3 is 2.31 bits per heavy atom. The third-order valence-electron chi connectivity index (χ3n) is 5.08. The van der Waals surface area contributed by atoms with Crippen molar-refractivity contribution in [2.45, 2.75) is 13.5 Å². The number of para-hydroxylation sites is 1. The number of aryl methyl sites for hydroxylation is 1. The molecule has 0 aromatic heterocycles. The Morgan fingerprint density at radius 1 is 0.828 bits per heavy atom. The van der Waals surface area contributed by atoms with Crippen molar-refractivity contribution in [3.8, 4) is 11.5 Å². The lowest BCUT2D eigenvalue weighted by Crippen LogP contribution is -2.43. The first kappa shape index (κ1) is 19.2. The molecule has 0 bridgehead atoms. The molecule has 4 nitrogen and oxygen atoms in total. The van der Waals surface area contributed by atoms with Crippen LogP contribution in [0.1, 0.15) is 16.7 Å². The van der Waals surface area contributed by atoms with Gasteiger partial charge in [-0.3, -0.25) is 9.91 Å². The van der Waals surface area contributed by atoms with Crippen LogP contribution in [0.3, 0.4) is 0 Å². The normalized spacial score (nSPS) is 15.0. The molecule has 0 saturated carbocycles. The zero-order chi connectivity index (χ0) is 19.9. The lowest BCUT2D eigenvalue weighted by molar-refractivity contribution is 0.131. The lowest BCUT2D eigenvalue weighted by Gasteiger charge is -2.33. The van der Waals surface area contributed by atoms with Crippen molar-refractivity contribution in [2.24, 2.45) is 5.10 Å². The number of benzene rings is 3. The molecule has 3 aromatic rings. The van der Waals surface area contributed by atoms with Gasteiger partial charge in [0.05, 0.1) is 6.21 Å². The van der Waals surface area contributed by atoms with Gasteiger partial charge in [-0.25, -0.2) is 0 Å². The van der Waals surface area contributed by atoms with E-state index in [2.05, 4.69) is 52.3 Å². The summed E-state index contributed by atoms with van der Waals surface area (Å²) in [4.78, 5) is 2.49. The van der Waals surface area contributed by atoms with E-state index >= 15 is 0 Å². The van der Waals surface area contributed by atoms with Gasteiger partial charge in [-0.2, -0.15) is 5.10 Å². The van der Waals surface area contributed by atoms with Crippen molar-refractivity contribution in [1.82, 2.24) is 9.91 Å². The summed E-state index contributed by atoms with van der Waals surface area (Å²) in [5.41, 5.74) is 3.73. The predicted octanol–water partition coefficient (Wildman–Crippen LogP) is 4.94. The molecule has 0 atom stereocenters. The van der Waals surface area contributed by atoms with Gasteiger partial charge >= 0.3 is 0 Å². The highest BCUT2D eigenvalue weighted by atomic mass is 16.5. The minimum absolute atomic E-state index is 0.822. The highest BCUT2D eigenvalue weighted by Crippen LogP contribution is 2.21. The van der Waals surface area contributed by atoms with Gasteiger partial charge in [-0.05, 0) is 42.3 Å². The molecule has 4 rings (SSSR count). The summed E-state index contributed by atoms with van der Waals surface area (Å²) in [5, 5.41) is 6.83. The molecule has 0 unspecified atom stereocenters. The predicted molar refractivity (Wildman–Crippen MR) is 119 cm³/mol. The fraction of sp³-hybridized carbons (Fsp3) is 0.240. The lowest BCUT2D eigenvalue weighted by atomic mass is 10.1. The SMILES string of the molecule is Cc1ccc(CN2CCN(N=Cc3cccc(Oc4ccccc4)c3)CC2)cc1. The van der Waals surface area contributed by atoms with Crippen LogP contribution >= 0.6 is 0 Å². The number of hydrazone groups is 1. The van der Waals surface area contributed by atoms with Gasteiger partial charge in [-0.15, -0.1) is 0 Å². The first-order valence-corrected chi connectivity index (χ1v) is 10.1. The highest BCUT2D eigenvalue weighted by molar-refractivity contribution is 5.80. The molecule has 0 aliphatic carbocycles. The van der Waals surface area contributed by atoms with E-state index in [0.717, 1.165) is 49.8 Å². The van der Waals surface area contributed by atoms with Crippen LogP contribution < -0.4 is 4.74 Å². The average Bonchev–Trinajstić information content (AvgIpc) is 2.76. The van der Waals surface area contributed by atoms with Crippen molar-refractivity contribution in [3.05, 3.63) is 95.6 Å². The van der Waals surface area contributed by atoms with Crippen molar-refractivity contribution < 1.29 is 4.74 Å². The quantitative estimate of drug-likeness (QED) is 0.563. The van der Waals surface area contributed by atoms with Crippen LogP contribution in [0.15, 0.2) is 84.0 Å². The molecule has 0 spiro atoms. The Kier molecular flexibility index (Phi) is 6.22. The molecule has 1 saturated heterocycles. The fourth-order valence-electron chi connectivity index (χ4n) is 3.39. The Morgan fingerprint density at radius 2 is 1.55 bits per heavy atom. The molecule has 1 fully saturated rings. The summed E-state index contributed by atoms with van der Waals surface area (Å²) in [7, 11) is 0. The molecule has 0 amide bonds. The van der Waals surface area contributed by atoms with Gasteiger partial charge in [-0.1, -0.05) is 60.2 Å².